The molecule has 0 radical (unpaired) electrons. The second-order valence-electron chi connectivity index (χ2n) is 5.19. The van der Waals surface area contributed by atoms with Gasteiger partial charge in [0.15, 0.2) is 0 Å². The van der Waals surface area contributed by atoms with Gasteiger partial charge in [-0.1, -0.05) is 48.0 Å². The van der Waals surface area contributed by atoms with E-state index in [1.807, 2.05) is 17.8 Å². The molecule has 0 saturated heterocycles. The topological polar surface area (TPSA) is 20.2 Å². The van der Waals surface area contributed by atoms with E-state index in [0.717, 1.165) is 18.6 Å². The van der Waals surface area contributed by atoms with E-state index < -0.39 is 0 Å². The van der Waals surface area contributed by atoms with Crippen LogP contribution in [0.3, 0.4) is 0 Å². The molecule has 106 valence electrons. The number of rotatable bonds is 7. The quantitative estimate of drug-likeness (QED) is 0.765. The van der Waals surface area contributed by atoms with Crippen LogP contribution in [0.25, 0.3) is 0 Å². The van der Waals surface area contributed by atoms with Crippen molar-refractivity contribution in [2.24, 2.45) is 5.92 Å². The summed E-state index contributed by atoms with van der Waals surface area (Å²) in [5.74, 6) is 1.41. The first-order valence-corrected chi connectivity index (χ1v) is 8.10. The Balaban J connectivity index is 1.79. The normalized spacial score (nSPS) is 12.3. The standard InChI is InChI=1S/C18H22OS/c1-15-7-9-16(10-8-15)13-17(14-19)11-12-20-18-5-3-2-4-6-18/h2-10,17,19H,11-14H2,1H3. The SMILES string of the molecule is Cc1ccc(CC(CO)CCSc2ccccc2)cc1. The number of hydrogen-bond donors (Lipinski definition) is 1. The van der Waals surface area contributed by atoms with Gasteiger partial charge in [-0.25, -0.2) is 0 Å². The average molecular weight is 286 g/mol. The number of aryl methyl sites for hydroxylation is 1. The molecule has 0 aromatic heterocycles. The Morgan fingerprint density at radius 1 is 1.00 bits per heavy atom. The monoisotopic (exact) mass is 286 g/mol. The lowest BCUT2D eigenvalue weighted by Crippen LogP contribution is -2.10. The highest BCUT2D eigenvalue weighted by Crippen LogP contribution is 2.21. The third-order valence-electron chi connectivity index (χ3n) is 3.44. The first-order chi connectivity index (χ1) is 9.78. The van der Waals surface area contributed by atoms with Gasteiger partial charge in [0.2, 0.25) is 0 Å². The Morgan fingerprint density at radius 2 is 1.70 bits per heavy atom. The van der Waals surface area contributed by atoms with E-state index in [0.29, 0.717) is 5.92 Å². The van der Waals surface area contributed by atoms with E-state index in [9.17, 15) is 5.11 Å². The van der Waals surface area contributed by atoms with Crippen LogP contribution in [0.5, 0.6) is 0 Å². The summed E-state index contributed by atoms with van der Waals surface area (Å²) in [6, 6.07) is 19.1. The zero-order valence-electron chi connectivity index (χ0n) is 12.0. The Labute approximate surface area is 126 Å². The van der Waals surface area contributed by atoms with Crippen LogP contribution < -0.4 is 0 Å². The van der Waals surface area contributed by atoms with Gasteiger partial charge in [0.1, 0.15) is 0 Å². The molecule has 20 heavy (non-hydrogen) atoms. The fourth-order valence-electron chi connectivity index (χ4n) is 2.18. The first kappa shape index (κ1) is 15.1. The van der Waals surface area contributed by atoms with Gasteiger partial charge in [0.25, 0.3) is 0 Å². The highest BCUT2D eigenvalue weighted by atomic mass is 32.2. The second-order valence-corrected chi connectivity index (χ2v) is 6.36. The van der Waals surface area contributed by atoms with Gasteiger partial charge in [-0.2, -0.15) is 0 Å². The minimum Gasteiger partial charge on any atom is -0.396 e. The van der Waals surface area contributed by atoms with Crippen molar-refractivity contribution in [1.82, 2.24) is 0 Å². The lowest BCUT2D eigenvalue weighted by molar-refractivity contribution is 0.223. The molecule has 0 spiro atoms. The number of benzene rings is 2. The first-order valence-electron chi connectivity index (χ1n) is 7.12. The summed E-state index contributed by atoms with van der Waals surface area (Å²) >= 11 is 1.87. The third kappa shape index (κ3) is 5.03. The molecule has 1 unspecified atom stereocenters. The summed E-state index contributed by atoms with van der Waals surface area (Å²) in [5, 5.41) is 9.53. The van der Waals surface area contributed by atoms with Crippen LogP contribution in [0.15, 0.2) is 59.5 Å². The minimum atomic E-state index is 0.267. The molecular formula is C18H22OS. The summed E-state index contributed by atoms with van der Waals surface area (Å²) < 4.78 is 0. The van der Waals surface area contributed by atoms with Gasteiger partial charge in [-0.05, 0) is 49.1 Å². The lowest BCUT2D eigenvalue weighted by atomic mass is 9.97. The summed E-state index contributed by atoms with van der Waals surface area (Å²) in [7, 11) is 0. The highest BCUT2D eigenvalue weighted by Gasteiger charge is 2.08. The minimum absolute atomic E-state index is 0.267. The van der Waals surface area contributed by atoms with Crippen LogP contribution in [0.2, 0.25) is 0 Å². The molecular weight excluding hydrogens is 264 g/mol. The summed E-state index contributed by atoms with van der Waals surface area (Å²) in [4.78, 5) is 1.31. The molecule has 0 saturated carbocycles. The van der Waals surface area contributed by atoms with E-state index >= 15 is 0 Å². The maximum absolute atomic E-state index is 9.53. The molecule has 1 N–H and O–H groups in total. The number of hydrogen-bond acceptors (Lipinski definition) is 2. The summed E-state index contributed by atoms with van der Waals surface area (Å²) in [5.41, 5.74) is 2.60. The molecule has 0 bridgehead atoms. The third-order valence-corrected chi connectivity index (χ3v) is 4.49. The molecule has 0 aliphatic heterocycles. The van der Waals surface area contributed by atoms with Crippen molar-refractivity contribution in [3.05, 3.63) is 65.7 Å². The van der Waals surface area contributed by atoms with Crippen molar-refractivity contribution in [3.63, 3.8) is 0 Å². The van der Waals surface area contributed by atoms with Crippen molar-refractivity contribution in [2.75, 3.05) is 12.4 Å². The zero-order chi connectivity index (χ0) is 14.2. The highest BCUT2D eigenvalue weighted by molar-refractivity contribution is 7.99. The Hall–Kier alpha value is -1.25. The van der Waals surface area contributed by atoms with E-state index in [-0.39, 0.29) is 6.61 Å². The van der Waals surface area contributed by atoms with Crippen molar-refractivity contribution >= 4 is 11.8 Å². The Bertz CT molecular complexity index is 493. The smallest absolute Gasteiger partial charge is 0.0462 e. The van der Waals surface area contributed by atoms with E-state index in [2.05, 4.69) is 55.5 Å². The molecule has 2 aromatic rings. The molecule has 0 amide bonds. The molecule has 2 heteroatoms. The van der Waals surface area contributed by atoms with E-state index in [1.54, 1.807) is 0 Å². The molecule has 2 rings (SSSR count). The van der Waals surface area contributed by atoms with Gasteiger partial charge in [0, 0.05) is 11.5 Å². The van der Waals surface area contributed by atoms with Crippen molar-refractivity contribution < 1.29 is 5.11 Å². The lowest BCUT2D eigenvalue weighted by Gasteiger charge is -2.14. The average Bonchev–Trinajstić information content (AvgIpc) is 2.49. The predicted molar refractivity (Wildman–Crippen MR) is 87.2 cm³/mol. The van der Waals surface area contributed by atoms with Crippen LogP contribution in [0.1, 0.15) is 17.5 Å². The van der Waals surface area contributed by atoms with Crippen molar-refractivity contribution in [3.8, 4) is 0 Å². The van der Waals surface area contributed by atoms with Crippen LogP contribution in [-0.2, 0) is 6.42 Å². The second kappa shape index (κ2) is 8.13. The van der Waals surface area contributed by atoms with Crippen LogP contribution >= 0.6 is 11.8 Å². The maximum atomic E-state index is 9.53. The maximum Gasteiger partial charge on any atom is 0.0462 e. The largest absolute Gasteiger partial charge is 0.396 e. The Kier molecular flexibility index (Phi) is 6.16. The number of thioether (sulfide) groups is 1. The Morgan fingerprint density at radius 3 is 2.35 bits per heavy atom. The fourth-order valence-corrected chi connectivity index (χ4v) is 3.21. The number of aliphatic hydroxyl groups is 1. The van der Waals surface area contributed by atoms with Gasteiger partial charge in [-0.15, -0.1) is 11.8 Å². The number of aliphatic hydroxyl groups excluding tert-OH is 1. The molecule has 2 aromatic carbocycles. The molecule has 1 atom stereocenters. The molecule has 0 fully saturated rings. The molecule has 0 aliphatic carbocycles. The molecule has 0 heterocycles. The van der Waals surface area contributed by atoms with Crippen LogP contribution in [0, 0.1) is 12.8 Å². The van der Waals surface area contributed by atoms with E-state index in [1.165, 1.54) is 16.0 Å². The predicted octanol–water partition coefficient (Wildman–Crippen LogP) is 4.33. The summed E-state index contributed by atoms with van der Waals surface area (Å²) in [6.45, 7) is 2.37. The van der Waals surface area contributed by atoms with Gasteiger partial charge < -0.3 is 5.11 Å². The molecule has 0 aliphatic rings. The van der Waals surface area contributed by atoms with Gasteiger partial charge in [0.05, 0.1) is 0 Å². The van der Waals surface area contributed by atoms with Crippen LogP contribution in [-0.4, -0.2) is 17.5 Å². The van der Waals surface area contributed by atoms with Gasteiger partial charge >= 0.3 is 0 Å². The molecule has 1 nitrogen and oxygen atoms in total. The zero-order valence-corrected chi connectivity index (χ0v) is 12.8. The van der Waals surface area contributed by atoms with Crippen molar-refractivity contribution in [2.45, 2.75) is 24.7 Å². The van der Waals surface area contributed by atoms with Crippen molar-refractivity contribution in [1.29, 1.82) is 0 Å². The van der Waals surface area contributed by atoms with Gasteiger partial charge in [-0.3, -0.25) is 0 Å². The summed E-state index contributed by atoms with van der Waals surface area (Å²) in [6.07, 6.45) is 2.01. The van der Waals surface area contributed by atoms with E-state index in [4.69, 9.17) is 0 Å². The fraction of sp³-hybridized carbons (Fsp3) is 0.333. The van der Waals surface area contributed by atoms with Crippen LogP contribution in [0.4, 0.5) is 0 Å².